The van der Waals surface area contributed by atoms with E-state index < -0.39 is 0 Å². The van der Waals surface area contributed by atoms with Crippen LogP contribution < -0.4 is 5.32 Å². The van der Waals surface area contributed by atoms with Crippen LogP contribution in [0.4, 0.5) is 0 Å². The first-order chi connectivity index (χ1) is 3.68. The van der Waals surface area contributed by atoms with E-state index in [0.29, 0.717) is 5.76 Å². The van der Waals surface area contributed by atoms with Crippen molar-refractivity contribution in [2.75, 3.05) is 13.6 Å². The van der Waals surface area contributed by atoms with Crippen LogP contribution in [-0.4, -0.2) is 18.7 Å². The highest BCUT2D eigenvalue weighted by atomic mass is 16.3. The van der Waals surface area contributed by atoms with E-state index in [-0.39, 0.29) is 0 Å². The molecule has 2 heteroatoms. The average Bonchev–Trinajstić information content (AvgIpc) is 1.67. The molecule has 2 N–H and O–H groups in total. The zero-order chi connectivity index (χ0) is 6.57. The van der Waals surface area contributed by atoms with Crippen molar-refractivity contribution in [2.45, 2.75) is 13.8 Å². The average molecular weight is 115 g/mol. The Morgan fingerprint density at radius 2 is 2.00 bits per heavy atom. The maximum atomic E-state index is 8.79. The molecule has 0 rings (SSSR count). The summed E-state index contributed by atoms with van der Waals surface area (Å²) in [5.41, 5.74) is 0.993. The Hall–Kier alpha value is -0.500. The van der Waals surface area contributed by atoms with E-state index in [1.165, 1.54) is 0 Å². The molecule has 0 aromatic carbocycles. The quantitative estimate of drug-likeness (QED) is 0.527. The van der Waals surface area contributed by atoms with Crippen molar-refractivity contribution < 1.29 is 5.11 Å². The summed E-state index contributed by atoms with van der Waals surface area (Å²) in [4.78, 5) is 0. The Morgan fingerprint density at radius 1 is 1.50 bits per heavy atom. The number of likely N-dealkylation sites (N-methyl/N-ethyl adjacent to an activating group) is 1. The van der Waals surface area contributed by atoms with Crippen molar-refractivity contribution in [3.8, 4) is 0 Å². The fourth-order valence-corrected chi connectivity index (χ4v) is 0.393. The van der Waals surface area contributed by atoms with Crippen LogP contribution in [0.15, 0.2) is 11.3 Å². The van der Waals surface area contributed by atoms with Crippen LogP contribution in [0.5, 0.6) is 0 Å². The molecule has 0 fully saturated rings. The second-order valence-electron chi connectivity index (χ2n) is 1.90. The van der Waals surface area contributed by atoms with Crippen LogP contribution in [-0.2, 0) is 0 Å². The van der Waals surface area contributed by atoms with Crippen LogP contribution in [0.25, 0.3) is 0 Å². The second kappa shape index (κ2) is 3.50. The number of nitrogens with one attached hydrogen (secondary N) is 1. The monoisotopic (exact) mass is 115 g/mol. The molecule has 0 radical (unpaired) electrons. The van der Waals surface area contributed by atoms with Crippen LogP contribution in [0.1, 0.15) is 13.8 Å². The van der Waals surface area contributed by atoms with Crippen LogP contribution in [0.3, 0.4) is 0 Å². The van der Waals surface area contributed by atoms with Crippen molar-refractivity contribution >= 4 is 0 Å². The maximum Gasteiger partial charge on any atom is 0.0893 e. The van der Waals surface area contributed by atoms with Gasteiger partial charge in [0.05, 0.1) is 5.76 Å². The molecule has 8 heavy (non-hydrogen) atoms. The van der Waals surface area contributed by atoms with E-state index in [1.54, 1.807) is 6.92 Å². The lowest BCUT2D eigenvalue weighted by Gasteiger charge is -1.98. The molecule has 0 aromatic rings. The molecular weight excluding hydrogens is 102 g/mol. The van der Waals surface area contributed by atoms with E-state index in [4.69, 9.17) is 5.11 Å². The summed E-state index contributed by atoms with van der Waals surface area (Å²) in [6, 6.07) is 0. The summed E-state index contributed by atoms with van der Waals surface area (Å²) in [6.45, 7) is 4.35. The zero-order valence-electron chi connectivity index (χ0n) is 5.65. The minimum Gasteiger partial charge on any atom is -0.513 e. The smallest absolute Gasteiger partial charge is 0.0893 e. The molecule has 0 heterocycles. The molecule has 0 unspecified atom stereocenters. The number of hydrogen-bond acceptors (Lipinski definition) is 2. The van der Waals surface area contributed by atoms with E-state index in [1.807, 2.05) is 14.0 Å². The second-order valence-corrected chi connectivity index (χ2v) is 1.90. The fraction of sp³-hybridized carbons (Fsp3) is 0.667. The predicted molar refractivity (Wildman–Crippen MR) is 34.9 cm³/mol. The number of aliphatic hydroxyl groups excluding tert-OH is 1. The Balaban J connectivity index is 3.62. The summed E-state index contributed by atoms with van der Waals surface area (Å²) in [5, 5.41) is 11.7. The molecule has 48 valence electrons. The van der Waals surface area contributed by atoms with E-state index in [9.17, 15) is 0 Å². The number of aliphatic hydroxyl groups is 1. The van der Waals surface area contributed by atoms with Gasteiger partial charge in [0, 0.05) is 6.54 Å². The van der Waals surface area contributed by atoms with E-state index in [0.717, 1.165) is 12.1 Å². The molecule has 0 aliphatic heterocycles. The van der Waals surface area contributed by atoms with Gasteiger partial charge >= 0.3 is 0 Å². The van der Waals surface area contributed by atoms with Gasteiger partial charge in [-0.25, -0.2) is 0 Å². The highest BCUT2D eigenvalue weighted by molar-refractivity contribution is 5.02. The Kier molecular flexibility index (Phi) is 3.28. The molecule has 0 saturated carbocycles. The van der Waals surface area contributed by atoms with Gasteiger partial charge in [0.2, 0.25) is 0 Å². The summed E-state index contributed by atoms with van der Waals surface area (Å²) in [6.07, 6.45) is 0. The molecule has 0 atom stereocenters. The van der Waals surface area contributed by atoms with Crippen molar-refractivity contribution in [3.05, 3.63) is 11.3 Å². The normalized spacial score (nSPS) is 13.4. The third-order valence-corrected chi connectivity index (χ3v) is 1.06. The van der Waals surface area contributed by atoms with Gasteiger partial charge in [-0.15, -0.1) is 0 Å². The minimum absolute atomic E-state index is 0.416. The molecule has 0 spiro atoms. The van der Waals surface area contributed by atoms with Gasteiger partial charge in [-0.05, 0) is 26.5 Å². The van der Waals surface area contributed by atoms with E-state index >= 15 is 0 Å². The van der Waals surface area contributed by atoms with Gasteiger partial charge in [-0.1, -0.05) is 0 Å². The van der Waals surface area contributed by atoms with Gasteiger partial charge in [0.1, 0.15) is 0 Å². The molecule has 0 saturated heterocycles. The first-order valence-corrected chi connectivity index (χ1v) is 2.68. The Morgan fingerprint density at radius 3 is 2.12 bits per heavy atom. The van der Waals surface area contributed by atoms with Gasteiger partial charge in [0.15, 0.2) is 0 Å². The molecule has 0 amide bonds. The molecule has 0 bridgehead atoms. The number of allylic oxidation sites excluding steroid dienone is 1. The first-order valence-electron chi connectivity index (χ1n) is 2.68. The van der Waals surface area contributed by atoms with Crippen LogP contribution >= 0.6 is 0 Å². The summed E-state index contributed by atoms with van der Waals surface area (Å²) < 4.78 is 0. The predicted octanol–water partition coefficient (Wildman–Crippen LogP) is 1.06. The molecule has 2 nitrogen and oxygen atoms in total. The molecule has 0 aromatic heterocycles. The molecule has 0 aliphatic rings. The summed E-state index contributed by atoms with van der Waals surface area (Å²) >= 11 is 0. The SMILES string of the molecule is CNC/C(C)=C(/C)O. The highest BCUT2D eigenvalue weighted by Gasteiger charge is 1.89. The third-order valence-electron chi connectivity index (χ3n) is 1.06. The van der Waals surface area contributed by atoms with Crippen molar-refractivity contribution in [1.82, 2.24) is 5.32 Å². The lowest BCUT2D eigenvalue weighted by molar-refractivity contribution is 0.405. The summed E-state index contributed by atoms with van der Waals surface area (Å²) in [7, 11) is 1.85. The molecular formula is C6H13NO. The van der Waals surface area contributed by atoms with Gasteiger partial charge in [-0.3, -0.25) is 0 Å². The maximum absolute atomic E-state index is 8.79. The fourth-order valence-electron chi connectivity index (χ4n) is 0.393. The lowest BCUT2D eigenvalue weighted by Crippen LogP contribution is -2.09. The largest absolute Gasteiger partial charge is 0.513 e. The number of rotatable bonds is 2. The Labute approximate surface area is 50.2 Å². The van der Waals surface area contributed by atoms with Gasteiger partial charge in [0.25, 0.3) is 0 Å². The third kappa shape index (κ3) is 2.64. The number of hydrogen-bond donors (Lipinski definition) is 2. The van der Waals surface area contributed by atoms with Crippen molar-refractivity contribution in [2.24, 2.45) is 0 Å². The van der Waals surface area contributed by atoms with Crippen LogP contribution in [0.2, 0.25) is 0 Å². The van der Waals surface area contributed by atoms with Crippen molar-refractivity contribution in [1.29, 1.82) is 0 Å². The molecule has 0 aliphatic carbocycles. The topological polar surface area (TPSA) is 32.3 Å². The first kappa shape index (κ1) is 7.50. The van der Waals surface area contributed by atoms with Gasteiger partial charge in [-0.2, -0.15) is 0 Å². The highest BCUT2D eigenvalue weighted by Crippen LogP contribution is 1.95. The zero-order valence-corrected chi connectivity index (χ0v) is 5.65. The van der Waals surface area contributed by atoms with Gasteiger partial charge < -0.3 is 10.4 Å². The lowest BCUT2D eigenvalue weighted by atomic mass is 10.3. The summed E-state index contributed by atoms with van der Waals surface area (Å²) in [5.74, 6) is 0.416. The Bertz CT molecular complexity index is 92.7. The standard InChI is InChI=1S/C6H13NO/c1-5(4-7-3)6(2)8/h7-8H,4H2,1-3H3/b6-5-. The van der Waals surface area contributed by atoms with E-state index in [2.05, 4.69) is 5.32 Å². The van der Waals surface area contributed by atoms with Crippen molar-refractivity contribution in [3.63, 3.8) is 0 Å². The minimum atomic E-state index is 0.416. The van der Waals surface area contributed by atoms with Crippen LogP contribution in [0, 0.1) is 0 Å².